The molecule has 0 aromatic rings. The van der Waals surface area contributed by atoms with Gasteiger partial charge in [-0.3, -0.25) is 14.4 Å². The Balaban J connectivity index is 2.51. The summed E-state index contributed by atoms with van der Waals surface area (Å²) in [6.07, 6.45) is -6.33. The average Bonchev–Trinajstić information content (AvgIpc) is 2.64. The molecule has 1 saturated heterocycles. The second kappa shape index (κ2) is 10.8. The Morgan fingerprint density at radius 2 is 1.64 bits per heavy atom. The highest BCUT2D eigenvalue weighted by Crippen LogP contribution is 2.24. The molecule has 162 valence electrons. The Morgan fingerprint density at radius 1 is 1.07 bits per heavy atom. The van der Waals surface area contributed by atoms with Crippen LogP contribution in [0.1, 0.15) is 33.1 Å². The van der Waals surface area contributed by atoms with Crippen LogP contribution in [0.3, 0.4) is 0 Å². The average molecular weight is 406 g/mol. The summed E-state index contributed by atoms with van der Waals surface area (Å²) in [7, 11) is 0. The van der Waals surface area contributed by atoms with Crippen molar-refractivity contribution in [2.45, 2.75) is 75.7 Å². The van der Waals surface area contributed by atoms with Crippen LogP contribution in [0.2, 0.25) is 0 Å². The third kappa shape index (κ3) is 6.47. The van der Waals surface area contributed by atoms with Crippen LogP contribution in [0.25, 0.3) is 0 Å². The van der Waals surface area contributed by atoms with Gasteiger partial charge in [0.15, 0.2) is 0 Å². The van der Waals surface area contributed by atoms with E-state index in [9.17, 15) is 29.7 Å². The van der Waals surface area contributed by atoms with Gasteiger partial charge in [-0.1, -0.05) is 6.92 Å². The zero-order valence-corrected chi connectivity index (χ0v) is 15.9. The van der Waals surface area contributed by atoms with Crippen LogP contribution in [0.15, 0.2) is 0 Å². The number of aliphatic hydroxyl groups excluding tert-OH is 4. The molecular weight excluding hydrogens is 376 g/mol. The lowest BCUT2D eigenvalue weighted by Crippen LogP contribution is -2.58. The molecule has 8 atom stereocenters. The Hall–Kier alpha value is -1.63. The van der Waals surface area contributed by atoms with Crippen LogP contribution in [-0.4, -0.2) is 92.4 Å². The van der Waals surface area contributed by atoms with Crippen molar-refractivity contribution in [3.63, 3.8) is 0 Å². The molecule has 1 fully saturated rings. The number of nitrogens with two attached hydrogens (primary N) is 1. The molecule has 1 unspecified atom stereocenters. The third-order valence-electron chi connectivity index (χ3n) is 4.85. The molecule has 0 aromatic heterocycles. The first kappa shape index (κ1) is 24.4. The van der Waals surface area contributed by atoms with Gasteiger partial charge in [0.05, 0.1) is 18.8 Å². The standard InChI is InChI=1S/C17H30N2O9/c1-7(16(25)19-8(2)17(26)27)5-10(21)9(18)3-4-11-13(22)15(24)14(23)12(6-20)28-11/h7-9,11-15,20,22-24H,3-6,18H2,1-2H3,(H,19,25)(H,26,27)/t7-,8+,9?,11-,12-,13+,14+,15-/m1/s1. The maximum Gasteiger partial charge on any atom is 0.325 e. The number of amides is 1. The molecule has 11 heteroatoms. The van der Waals surface area contributed by atoms with Gasteiger partial charge < -0.3 is 41.3 Å². The molecule has 0 bridgehead atoms. The second-order valence-corrected chi connectivity index (χ2v) is 7.19. The molecule has 0 radical (unpaired) electrons. The van der Waals surface area contributed by atoms with Crippen molar-refractivity contribution >= 4 is 17.7 Å². The lowest BCUT2D eigenvalue weighted by atomic mass is 9.90. The molecular formula is C17H30N2O9. The number of nitrogens with one attached hydrogen (secondary N) is 1. The number of rotatable bonds is 10. The summed E-state index contributed by atoms with van der Waals surface area (Å²) < 4.78 is 5.35. The van der Waals surface area contributed by atoms with E-state index in [-0.39, 0.29) is 19.3 Å². The maximum absolute atomic E-state index is 12.2. The predicted octanol–water partition coefficient (Wildman–Crippen LogP) is -2.88. The van der Waals surface area contributed by atoms with Gasteiger partial charge in [-0.25, -0.2) is 0 Å². The number of carbonyl (C=O) groups excluding carboxylic acids is 2. The fourth-order valence-corrected chi connectivity index (χ4v) is 2.89. The number of Topliss-reactive ketones (excluding diaryl/α,β-unsaturated/α-hetero) is 1. The topological polar surface area (TPSA) is 200 Å². The SMILES string of the molecule is C[C@H](CC(=O)C(N)CC[C@H]1O[C@H](CO)[C@H](O)[C@H](O)[C@H]1O)C(=O)N[C@@H](C)C(=O)O. The number of hydrogen-bond acceptors (Lipinski definition) is 9. The fourth-order valence-electron chi connectivity index (χ4n) is 2.89. The van der Waals surface area contributed by atoms with Crippen LogP contribution in [0, 0.1) is 5.92 Å². The number of hydrogen-bond donors (Lipinski definition) is 7. The first-order chi connectivity index (χ1) is 13.0. The first-order valence-electron chi connectivity index (χ1n) is 9.11. The van der Waals surface area contributed by atoms with Crippen LogP contribution >= 0.6 is 0 Å². The van der Waals surface area contributed by atoms with Crippen molar-refractivity contribution in [3.05, 3.63) is 0 Å². The lowest BCUT2D eigenvalue weighted by Gasteiger charge is -2.40. The zero-order valence-electron chi connectivity index (χ0n) is 15.9. The number of ketones is 1. The number of aliphatic hydroxyl groups is 4. The summed E-state index contributed by atoms with van der Waals surface area (Å²) in [5.74, 6) is -2.96. The van der Waals surface area contributed by atoms with E-state index >= 15 is 0 Å². The highest BCUT2D eigenvalue weighted by molar-refractivity contribution is 5.90. The van der Waals surface area contributed by atoms with Crippen molar-refractivity contribution in [3.8, 4) is 0 Å². The van der Waals surface area contributed by atoms with E-state index in [0.717, 1.165) is 0 Å². The van der Waals surface area contributed by atoms with Crippen LogP contribution in [0.4, 0.5) is 0 Å². The highest BCUT2D eigenvalue weighted by Gasteiger charge is 2.43. The summed E-state index contributed by atoms with van der Waals surface area (Å²) >= 11 is 0. The molecule has 11 nitrogen and oxygen atoms in total. The molecule has 0 aliphatic carbocycles. The molecule has 1 heterocycles. The quantitative estimate of drug-likeness (QED) is 0.198. The molecule has 0 aromatic carbocycles. The number of carbonyl (C=O) groups is 3. The van der Waals surface area contributed by atoms with E-state index in [4.69, 9.17) is 20.7 Å². The summed E-state index contributed by atoms with van der Waals surface area (Å²) in [5.41, 5.74) is 5.83. The van der Waals surface area contributed by atoms with Gasteiger partial charge in [0.1, 0.15) is 36.2 Å². The Kier molecular flexibility index (Phi) is 9.40. The molecule has 0 spiro atoms. The largest absolute Gasteiger partial charge is 0.480 e. The summed E-state index contributed by atoms with van der Waals surface area (Å²) in [6.45, 7) is 2.24. The minimum Gasteiger partial charge on any atom is -0.480 e. The summed E-state index contributed by atoms with van der Waals surface area (Å²) in [5, 5.41) is 49.7. The number of aliphatic carboxylic acids is 1. The van der Waals surface area contributed by atoms with E-state index in [0.29, 0.717) is 0 Å². The normalized spacial score (nSPS) is 30.9. The highest BCUT2D eigenvalue weighted by atomic mass is 16.5. The molecule has 8 N–H and O–H groups in total. The molecule has 1 aliphatic heterocycles. The molecule has 1 amide bonds. The van der Waals surface area contributed by atoms with Gasteiger partial charge in [-0.05, 0) is 19.8 Å². The van der Waals surface area contributed by atoms with Gasteiger partial charge in [0, 0.05) is 12.3 Å². The summed E-state index contributed by atoms with van der Waals surface area (Å²) in [6, 6.07) is -2.04. The monoisotopic (exact) mass is 406 g/mol. The van der Waals surface area contributed by atoms with Gasteiger partial charge in [0.2, 0.25) is 5.91 Å². The van der Waals surface area contributed by atoms with Gasteiger partial charge in [-0.15, -0.1) is 0 Å². The number of ether oxygens (including phenoxy) is 1. The Bertz CT molecular complexity index is 557. The smallest absolute Gasteiger partial charge is 0.325 e. The predicted molar refractivity (Wildman–Crippen MR) is 95.0 cm³/mol. The number of carboxylic acid groups (broad SMARTS) is 1. The van der Waals surface area contributed by atoms with Crippen molar-refractivity contribution in [2.75, 3.05) is 6.61 Å². The van der Waals surface area contributed by atoms with Crippen molar-refractivity contribution in [1.29, 1.82) is 0 Å². The van der Waals surface area contributed by atoms with Crippen molar-refractivity contribution < 1.29 is 44.7 Å². The Labute approximate surface area is 162 Å². The summed E-state index contributed by atoms with van der Waals surface area (Å²) in [4.78, 5) is 34.9. The maximum atomic E-state index is 12.2. The van der Waals surface area contributed by atoms with E-state index in [1.807, 2.05) is 0 Å². The molecule has 28 heavy (non-hydrogen) atoms. The van der Waals surface area contributed by atoms with Crippen LogP contribution in [0.5, 0.6) is 0 Å². The van der Waals surface area contributed by atoms with Crippen LogP contribution in [-0.2, 0) is 19.1 Å². The fraction of sp³-hybridized carbons (Fsp3) is 0.824. The molecule has 1 aliphatic rings. The lowest BCUT2D eigenvalue weighted by molar-refractivity contribution is -0.230. The van der Waals surface area contributed by atoms with Gasteiger partial charge in [-0.2, -0.15) is 0 Å². The molecule has 0 saturated carbocycles. The van der Waals surface area contributed by atoms with Crippen molar-refractivity contribution in [2.24, 2.45) is 11.7 Å². The molecule has 1 rings (SSSR count). The van der Waals surface area contributed by atoms with Crippen molar-refractivity contribution in [1.82, 2.24) is 5.32 Å². The number of carboxylic acids is 1. The minimum absolute atomic E-state index is 0.0847. The third-order valence-corrected chi connectivity index (χ3v) is 4.85. The van der Waals surface area contributed by atoms with E-state index in [1.165, 1.54) is 13.8 Å². The van der Waals surface area contributed by atoms with E-state index < -0.39 is 72.8 Å². The van der Waals surface area contributed by atoms with Gasteiger partial charge >= 0.3 is 5.97 Å². The second-order valence-electron chi connectivity index (χ2n) is 7.19. The van der Waals surface area contributed by atoms with Gasteiger partial charge in [0.25, 0.3) is 0 Å². The zero-order chi connectivity index (χ0) is 21.6. The first-order valence-corrected chi connectivity index (χ1v) is 9.11. The van der Waals surface area contributed by atoms with Crippen LogP contribution < -0.4 is 11.1 Å². The Morgan fingerprint density at radius 3 is 2.18 bits per heavy atom. The van der Waals surface area contributed by atoms with E-state index in [1.54, 1.807) is 0 Å². The van der Waals surface area contributed by atoms with E-state index in [2.05, 4.69) is 5.32 Å². The minimum atomic E-state index is -1.50.